The van der Waals surface area contributed by atoms with Gasteiger partial charge in [-0.2, -0.15) is 0 Å². The fourth-order valence-electron chi connectivity index (χ4n) is 1.84. The third-order valence-electron chi connectivity index (χ3n) is 2.53. The standard InChI is InChI=1S/C10H17NO3/c12-9(7-10(13)14)11-8-5-3-1-2-4-6-8/h8H,1-7H2,(H,11,12)(H,13,14). The number of carbonyl (C=O) groups excluding carboxylic acids is 1. The fourth-order valence-corrected chi connectivity index (χ4v) is 1.84. The van der Waals surface area contributed by atoms with Crippen LogP contribution in [0.15, 0.2) is 0 Å². The van der Waals surface area contributed by atoms with Gasteiger partial charge < -0.3 is 10.4 Å². The number of rotatable bonds is 3. The van der Waals surface area contributed by atoms with Gasteiger partial charge in [-0.1, -0.05) is 25.7 Å². The second kappa shape index (κ2) is 5.62. The van der Waals surface area contributed by atoms with Gasteiger partial charge in [-0.3, -0.25) is 9.59 Å². The van der Waals surface area contributed by atoms with Gasteiger partial charge in [0, 0.05) is 6.04 Å². The van der Waals surface area contributed by atoms with E-state index in [4.69, 9.17) is 5.11 Å². The van der Waals surface area contributed by atoms with Crippen LogP contribution in [0.25, 0.3) is 0 Å². The molecule has 1 aliphatic carbocycles. The highest BCUT2D eigenvalue weighted by molar-refractivity contribution is 5.93. The second-order valence-electron chi connectivity index (χ2n) is 3.83. The van der Waals surface area contributed by atoms with Crippen molar-refractivity contribution in [2.75, 3.05) is 0 Å². The minimum absolute atomic E-state index is 0.198. The largest absolute Gasteiger partial charge is 0.481 e. The number of aliphatic carboxylic acids is 1. The van der Waals surface area contributed by atoms with Gasteiger partial charge in [-0.05, 0) is 12.8 Å². The molecule has 0 radical (unpaired) electrons. The van der Waals surface area contributed by atoms with Crippen LogP contribution in [0.5, 0.6) is 0 Å². The number of carboxylic acids is 1. The van der Waals surface area contributed by atoms with Crippen LogP contribution in [0, 0.1) is 0 Å². The summed E-state index contributed by atoms with van der Waals surface area (Å²) in [6, 6.07) is 0.198. The average Bonchev–Trinajstić information content (AvgIpc) is 2.31. The van der Waals surface area contributed by atoms with Crippen LogP contribution in [0.4, 0.5) is 0 Å². The summed E-state index contributed by atoms with van der Waals surface area (Å²) in [6.45, 7) is 0. The highest BCUT2D eigenvalue weighted by atomic mass is 16.4. The van der Waals surface area contributed by atoms with E-state index in [0.29, 0.717) is 0 Å². The highest BCUT2D eigenvalue weighted by Gasteiger charge is 2.15. The molecule has 0 aromatic carbocycles. The molecule has 0 saturated heterocycles. The molecule has 0 unspecified atom stereocenters. The average molecular weight is 199 g/mol. The molecule has 80 valence electrons. The number of carboxylic acid groups (broad SMARTS) is 1. The maximum Gasteiger partial charge on any atom is 0.312 e. The maximum absolute atomic E-state index is 11.1. The molecule has 0 atom stereocenters. The van der Waals surface area contributed by atoms with E-state index in [1.807, 2.05) is 0 Å². The summed E-state index contributed by atoms with van der Waals surface area (Å²) in [5, 5.41) is 11.2. The van der Waals surface area contributed by atoms with E-state index in [-0.39, 0.29) is 11.9 Å². The Bertz CT molecular complexity index is 207. The normalized spacial score (nSPS) is 18.6. The van der Waals surface area contributed by atoms with Crippen molar-refractivity contribution in [1.82, 2.24) is 5.32 Å². The van der Waals surface area contributed by atoms with Gasteiger partial charge in [-0.15, -0.1) is 0 Å². The highest BCUT2D eigenvalue weighted by Crippen LogP contribution is 2.17. The van der Waals surface area contributed by atoms with Crippen LogP contribution in [0.3, 0.4) is 0 Å². The molecule has 4 heteroatoms. The third kappa shape index (κ3) is 4.25. The zero-order valence-electron chi connectivity index (χ0n) is 8.29. The van der Waals surface area contributed by atoms with Gasteiger partial charge in [0.2, 0.25) is 5.91 Å². The third-order valence-corrected chi connectivity index (χ3v) is 2.53. The van der Waals surface area contributed by atoms with Crippen LogP contribution in [-0.2, 0) is 9.59 Å². The zero-order chi connectivity index (χ0) is 10.4. The summed E-state index contributed by atoms with van der Waals surface area (Å²) >= 11 is 0. The Morgan fingerprint density at radius 2 is 1.71 bits per heavy atom. The second-order valence-corrected chi connectivity index (χ2v) is 3.83. The summed E-state index contributed by atoms with van der Waals surface area (Å²) < 4.78 is 0. The number of amides is 1. The minimum atomic E-state index is -1.06. The van der Waals surface area contributed by atoms with E-state index in [2.05, 4.69) is 5.32 Å². The van der Waals surface area contributed by atoms with Crippen molar-refractivity contribution in [1.29, 1.82) is 0 Å². The molecule has 0 aromatic rings. The van der Waals surface area contributed by atoms with Gasteiger partial charge in [0.05, 0.1) is 0 Å². The van der Waals surface area contributed by atoms with Gasteiger partial charge in [0.15, 0.2) is 0 Å². The Balaban J connectivity index is 2.27. The van der Waals surface area contributed by atoms with Gasteiger partial charge in [0.1, 0.15) is 6.42 Å². The molecule has 1 amide bonds. The molecule has 0 heterocycles. The molecule has 1 rings (SSSR count). The molecule has 14 heavy (non-hydrogen) atoms. The van der Waals surface area contributed by atoms with Crippen molar-refractivity contribution >= 4 is 11.9 Å². The van der Waals surface area contributed by atoms with Crippen molar-refractivity contribution < 1.29 is 14.7 Å². The summed E-state index contributed by atoms with van der Waals surface area (Å²) in [5.74, 6) is -1.42. The van der Waals surface area contributed by atoms with Gasteiger partial charge >= 0.3 is 5.97 Å². The topological polar surface area (TPSA) is 66.4 Å². The first-order chi connectivity index (χ1) is 6.68. The monoisotopic (exact) mass is 199 g/mol. The summed E-state index contributed by atoms with van der Waals surface area (Å²) in [6.07, 6.45) is 6.31. The first kappa shape index (κ1) is 11.0. The van der Waals surface area contributed by atoms with Crippen molar-refractivity contribution in [2.24, 2.45) is 0 Å². The van der Waals surface area contributed by atoms with E-state index in [1.165, 1.54) is 12.8 Å². The number of nitrogens with one attached hydrogen (secondary N) is 1. The molecule has 0 aliphatic heterocycles. The summed E-state index contributed by atoms with van der Waals surface area (Å²) in [4.78, 5) is 21.4. The maximum atomic E-state index is 11.1. The van der Waals surface area contributed by atoms with Gasteiger partial charge in [0.25, 0.3) is 0 Å². The van der Waals surface area contributed by atoms with E-state index in [0.717, 1.165) is 25.7 Å². The Labute approximate surface area is 83.7 Å². The Morgan fingerprint density at radius 3 is 2.21 bits per heavy atom. The van der Waals surface area contributed by atoms with Crippen molar-refractivity contribution in [3.63, 3.8) is 0 Å². The van der Waals surface area contributed by atoms with E-state index in [9.17, 15) is 9.59 Å². The molecule has 0 bridgehead atoms. The van der Waals surface area contributed by atoms with Crippen LogP contribution < -0.4 is 5.32 Å². The lowest BCUT2D eigenvalue weighted by Gasteiger charge is -2.15. The molecule has 1 aliphatic rings. The fraction of sp³-hybridized carbons (Fsp3) is 0.800. The molecule has 1 fully saturated rings. The number of carbonyl (C=O) groups is 2. The predicted octanol–water partition coefficient (Wildman–Crippen LogP) is 1.30. The quantitative estimate of drug-likeness (QED) is 0.532. The van der Waals surface area contributed by atoms with Crippen molar-refractivity contribution in [3.8, 4) is 0 Å². The number of hydrogen-bond acceptors (Lipinski definition) is 2. The van der Waals surface area contributed by atoms with Crippen LogP contribution in [-0.4, -0.2) is 23.0 Å². The zero-order valence-corrected chi connectivity index (χ0v) is 8.29. The first-order valence-corrected chi connectivity index (χ1v) is 5.19. The van der Waals surface area contributed by atoms with Crippen LogP contribution in [0.1, 0.15) is 44.9 Å². The molecule has 0 spiro atoms. The minimum Gasteiger partial charge on any atom is -0.481 e. The lowest BCUT2D eigenvalue weighted by molar-refractivity contribution is -0.140. The van der Waals surface area contributed by atoms with Crippen molar-refractivity contribution in [2.45, 2.75) is 51.0 Å². The molecular formula is C10H17NO3. The lowest BCUT2D eigenvalue weighted by Crippen LogP contribution is -2.35. The molecule has 2 N–H and O–H groups in total. The Hall–Kier alpha value is -1.06. The van der Waals surface area contributed by atoms with Crippen LogP contribution >= 0.6 is 0 Å². The van der Waals surface area contributed by atoms with Crippen molar-refractivity contribution in [3.05, 3.63) is 0 Å². The molecule has 4 nitrogen and oxygen atoms in total. The van der Waals surface area contributed by atoms with Crippen LogP contribution in [0.2, 0.25) is 0 Å². The molecule has 0 aromatic heterocycles. The van der Waals surface area contributed by atoms with Gasteiger partial charge in [-0.25, -0.2) is 0 Å². The molecular weight excluding hydrogens is 182 g/mol. The number of hydrogen-bond donors (Lipinski definition) is 2. The van der Waals surface area contributed by atoms with E-state index in [1.54, 1.807) is 0 Å². The first-order valence-electron chi connectivity index (χ1n) is 5.19. The smallest absolute Gasteiger partial charge is 0.312 e. The predicted molar refractivity (Wildman–Crippen MR) is 51.9 cm³/mol. The van der Waals surface area contributed by atoms with E-state index >= 15 is 0 Å². The Morgan fingerprint density at radius 1 is 1.14 bits per heavy atom. The Kier molecular flexibility index (Phi) is 4.43. The lowest BCUT2D eigenvalue weighted by atomic mass is 10.1. The van der Waals surface area contributed by atoms with E-state index < -0.39 is 12.4 Å². The summed E-state index contributed by atoms with van der Waals surface area (Å²) in [7, 11) is 0. The molecule has 1 saturated carbocycles. The SMILES string of the molecule is O=C(O)CC(=O)NC1CCCCCC1. The summed E-state index contributed by atoms with van der Waals surface area (Å²) in [5.41, 5.74) is 0.